The summed E-state index contributed by atoms with van der Waals surface area (Å²) in [5.41, 5.74) is 11.5. The molecule has 26 heavy (non-hydrogen) atoms. The quantitative estimate of drug-likeness (QED) is 0.208. The van der Waals surface area contributed by atoms with E-state index in [0.29, 0.717) is 37.2 Å². The standard InChI is InChI=1S/C18H33N5O3/c1-13(7-4-5-8-14(2)19)18(26)22-11-17(25)23-16(12-24)9-6-10-21-15(3)20/h12-13,16,21H,2-11,19-20H2,1H3,(H,22,26)(H,23,25). The Kier molecular flexibility index (Phi) is 12.4. The second-order valence-electron chi connectivity index (χ2n) is 6.43. The molecule has 8 nitrogen and oxygen atoms in total. The Balaban J connectivity index is 3.98. The highest BCUT2D eigenvalue weighted by atomic mass is 16.2. The van der Waals surface area contributed by atoms with Crippen LogP contribution in [0, 0.1) is 5.92 Å². The molecule has 0 aromatic rings. The lowest BCUT2D eigenvalue weighted by Crippen LogP contribution is -2.44. The number of hydrogen-bond acceptors (Lipinski definition) is 6. The van der Waals surface area contributed by atoms with Gasteiger partial charge in [-0.2, -0.15) is 0 Å². The average Bonchev–Trinajstić information content (AvgIpc) is 2.58. The van der Waals surface area contributed by atoms with Gasteiger partial charge in [-0.25, -0.2) is 0 Å². The molecule has 0 aromatic carbocycles. The fourth-order valence-corrected chi connectivity index (χ4v) is 2.28. The highest BCUT2D eigenvalue weighted by molar-refractivity contribution is 5.86. The van der Waals surface area contributed by atoms with Crippen LogP contribution in [0.2, 0.25) is 0 Å². The van der Waals surface area contributed by atoms with E-state index in [1.807, 2.05) is 6.92 Å². The van der Waals surface area contributed by atoms with Crippen molar-refractivity contribution in [3.63, 3.8) is 0 Å². The van der Waals surface area contributed by atoms with Crippen LogP contribution in [0.4, 0.5) is 0 Å². The van der Waals surface area contributed by atoms with E-state index >= 15 is 0 Å². The molecule has 0 saturated carbocycles. The molecule has 0 aliphatic heterocycles. The Morgan fingerprint density at radius 1 is 1.08 bits per heavy atom. The van der Waals surface area contributed by atoms with Crippen LogP contribution in [0.1, 0.15) is 45.4 Å². The van der Waals surface area contributed by atoms with Crippen LogP contribution in [0.3, 0.4) is 0 Å². The van der Waals surface area contributed by atoms with Gasteiger partial charge in [-0.15, -0.1) is 0 Å². The van der Waals surface area contributed by atoms with Crippen LogP contribution in [0.15, 0.2) is 24.7 Å². The van der Waals surface area contributed by atoms with E-state index < -0.39 is 11.9 Å². The Bertz CT molecular complexity index is 493. The molecule has 0 aliphatic rings. The molecule has 2 atom stereocenters. The normalized spacial score (nSPS) is 12.5. The maximum absolute atomic E-state index is 12.0. The second-order valence-corrected chi connectivity index (χ2v) is 6.43. The second kappa shape index (κ2) is 13.7. The van der Waals surface area contributed by atoms with Crippen LogP contribution in [-0.2, 0) is 14.4 Å². The molecule has 0 spiro atoms. The number of carbonyl (C=O) groups is 3. The average molecular weight is 367 g/mol. The monoisotopic (exact) mass is 367 g/mol. The van der Waals surface area contributed by atoms with Crippen molar-refractivity contribution < 1.29 is 14.4 Å². The topological polar surface area (TPSA) is 139 Å². The third kappa shape index (κ3) is 12.9. The van der Waals surface area contributed by atoms with Crippen molar-refractivity contribution in [1.29, 1.82) is 0 Å². The van der Waals surface area contributed by atoms with Crippen LogP contribution in [0.5, 0.6) is 0 Å². The smallest absolute Gasteiger partial charge is 0.239 e. The van der Waals surface area contributed by atoms with Gasteiger partial charge in [0.1, 0.15) is 6.29 Å². The summed E-state index contributed by atoms with van der Waals surface area (Å²) in [6.45, 7) is 9.38. The summed E-state index contributed by atoms with van der Waals surface area (Å²) in [6, 6.07) is -0.589. The lowest BCUT2D eigenvalue weighted by molar-refractivity contribution is -0.129. The summed E-state index contributed by atoms with van der Waals surface area (Å²) in [5.74, 6) is -0.397. The number of unbranched alkanes of at least 4 members (excludes halogenated alkanes) is 1. The van der Waals surface area contributed by atoms with Crippen LogP contribution < -0.4 is 27.4 Å². The SMILES string of the molecule is C=C(N)CCCCC(C)C(=O)NCC(=O)NC(C=O)CCCNC(=C)N. The maximum Gasteiger partial charge on any atom is 0.239 e. The molecule has 0 aromatic heterocycles. The zero-order valence-electron chi connectivity index (χ0n) is 15.7. The van der Waals surface area contributed by atoms with Gasteiger partial charge < -0.3 is 32.2 Å². The molecule has 2 amide bonds. The minimum Gasteiger partial charge on any atom is -0.403 e. The highest BCUT2D eigenvalue weighted by Gasteiger charge is 2.15. The Morgan fingerprint density at radius 3 is 2.35 bits per heavy atom. The van der Waals surface area contributed by atoms with Gasteiger partial charge in [-0.1, -0.05) is 26.5 Å². The first-order valence-corrected chi connectivity index (χ1v) is 8.90. The minimum atomic E-state index is -0.589. The van der Waals surface area contributed by atoms with Gasteiger partial charge in [0, 0.05) is 18.2 Å². The number of hydrogen-bond donors (Lipinski definition) is 5. The molecule has 2 unspecified atom stereocenters. The molecule has 148 valence electrons. The molecule has 7 N–H and O–H groups in total. The summed E-state index contributed by atoms with van der Waals surface area (Å²) in [5, 5.41) is 8.02. The third-order valence-electron chi connectivity index (χ3n) is 3.81. The van der Waals surface area contributed by atoms with Gasteiger partial charge in [0.05, 0.1) is 18.4 Å². The van der Waals surface area contributed by atoms with E-state index in [1.54, 1.807) is 0 Å². The fourth-order valence-electron chi connectivity index (χ4n) is 2.28. The molecule has 0 bridgehead atoms. The molecule has 0 radical (unpaired) electrons. The van der Waals surface area contributed by atoms with E-state index in [0.717, 1.165) is 25.7 Å². The number of nitrogens with two attached hydrogens (primary N) is 2. The van der Waals surface area contributed by atoms with Crippen molar-refractivity contribution in [2.24, 2.45) is 17.4 Å². The third-order valence-corrected chi connectivity index (χ3v) is 3.81. The molecule has 0 heterocycles. The fraction of sp³-hybridized carbons (Fsp3) is 0.611. The molecule has 0 saturated heterocycles. The van der Waals surface area contributed by atoms with Crippen LogP contribution >= 0.6 is 0 Å². The van der Waals surface area contributed by atoms with E-state index in [2.05, 4.69) is 29.1 Å². The summed E-state index contributed by atoms with van der Waals surface area (Å²) >= 11 is 0. The first-order chi connectivity index (χ1) is 12.3. The molecular weight excluding hydrogens is 334 g/mol. The van der Waals surface area contributed by atoms with Crippen molar-refractivity contribution in [2.45, 2.75) is 51.5 Å². The van der Waals surface area contributed by atoms with Crippen molar-refractivity contribution in [1.82, 2.24) is 16.0 Å². The predicted octanol–water partition coefficient (Wildman–Crippen LogP) is 0.255. The first-order valence-electron chi connectivity index (χ1n) is 8.90. The van der Waals surface area contributed by atoms with Crippen LogP contribution in [0.25, 0.3) is 0 Å². The Labute approximate surface area is 155 Å². The van der Waals surface area contributed by atoms with Crippen molar-refractivity contribution in [2.75, 3.05) is 13.1 Å². The van der Waals surface area contributed by atoms with E-state index in [9.17, 15) is 14.4 Å². The van der Waals surface area contributed by atoms with Gasteiger partial charge >= 0.3 is 0 Å². The number of aldehydes is 1. The summed E-state index contributed by atoms with van der Waals surface area (Å²) in [6.07, 6.45) is 5.04. The zero-order valence-corrected chi connectivity index (χ0v) is 15.7. The van der Waals surface area contributed by atoms with E-state index in [-0.39, 0.29) is 18.4 Å². The van der Waals surface area contributed by atoms with Crippen molar-refractivity contribution in [3.05, 3.63) is 24.7 Å². The molecule has 8 heteroatoms. The minimum absolute atomic E-state index is 0.148. The van der Waals surface area contributed by atoms with Gasteiger partial charge in [0.25, 0.3) is 0 Å². The van der Waals surface area contributed by atoms with Gasteiger partial charge in [-0.3, -0.25) is 9.59 Å². The van der Waals surface area contributed by atoms with Crippen molar-refractivity contribution in [3.8, 4) is 0 Å². The van der Waals surface area contributed by atoms with E-state index in [4.69, 9.17) is 11.5 Å². The predicted molar refractivity (Wildman–Crippen MR) is 103 cm³/mol. The Hall–Kier alpha value is -2.51. The first kappa shape index (κ1) is 23.5. The number of carbonyl (C=O) groups excluding carboxylic acids is 3. The number of rotatable bonds is 15. The summed E-state index contributed by atoms with van der Waals surface area (Å²) in [4.78, 5) is 34.9. The van der Waals surface area contributed by atoms with Gasteiger partial charge in [0.15, 0.2) is 0 Å². The zero-order chi connectivity index (χ0) is 19.9. The molecule has 0 aliphatic carbocycles. The largest absolute Gasteiger partial charge is 0.403 e. The Morgan fingerprint density at radius 2 is 1.77 bits per heavy atom. The number of allylic oxidation sites excluding steroid dienone is 1. The van der Waals surface area contributed by atoms with Crippen LogP contribution in [-0.4, -0.2) is 37.2 Å². The summed E-state index contributed by atoms with van der Waals surface area (Å²) < 4.78 is 0. The lowest BCUT2D eigenvalue weighted by Gasteiger charge is -2.15. The molecular formula is C18H33N5O3. The molecule has 0 fully saturated rings. The van der Waals surface area contributed by atoms with E-state index in [1.165, 1.54) is 0 Å². The number of nitrogens with one attached hydrogen (secondary N) is 3. The summed E-state index contributed by atoms with van der Waals surface area (Å²) in [7, 11) is 0. The maximum atomic E-state index is 12.0. The highest BCUT2D eigenvalue weighted by Crippen LogP contribution is 2.10. The van der Waals surface area contributed by atoms with Gasteiger partial charge in [0.2, 0.25) is 11.8 Å². The molecule has 0 rings (SSSR count). The van der Waals surface area contributed by atoms with Gasteiger partial charge in [-0.05, 0) is 32.1 Å². The number of amides is 2. The lowest BCUT2D eigenvalue weighted by atomic mass is 10.0. The van der Waals surface area contributed by atoms with Crippen molar-refractivity contribution >= 4 is 18.1 Å².